The van der Waals surface area contributed by atoms with Crippen LogP contribution < -0.4 is 0 Å². The summed E-state index contributed by atoms with van der Waals surface area (Å²) in [6, 6.07) is 71.7. The SMILES string of the molecule is [2H]c1c([2H])c([2H])c(-c2c3ccccc3c(-c3ccc(-c4ccccc4)c4ccccc34)c3c([2H])c([2H])c([2H])c([2H])c23)c([2H])c1[2H].[2H]c1c([2H])c([2H])c2c(-c3c4c([2H])c([2H])c([2H])c([2H])c4c(-c4ccc(-c5ccccc5)c5ccccc45)c4c([2H])c([2H])c([2H])c([2H])c34)c([2H])c([2H])c([2H])c2c1[2H].[2H]c1c([2H])c([2H])c2c(-c3cccc4c(-c5ccccc5)cccc34)c3c([2H])c([2H])c([2H])c([2H])c3c(-c3cccc(-c4ccccc4)c3)c2c1[2H]. The van der Waals surface area contributed by atoms with Gasteiger partial charge in [0.15, 0.2) is 0 Å². The summed E-state index contributed by atoms with van der Waals surface area (Å²) >= 11 is 0. The van der Waals surface area contributed by atoms with Gasteiger partial charge in [-0.15, -0.1) is 0 Å². The fraction of sp³-hybridized carbons (Fsp3) is 0. The molecule has 0 radical (unpaired) electrons. The van der Waals surface area contributed by atoms with Crippen LogP contribution in [-0.4, -0.2) is 0 Å². The molecule has 0 N–H and O–H groups in total. The van der Waals surface area contributed by atoms with E-state index < -0.39 is 173 Å². The lowest BCUT2D eigenvalue weighted by atomic mass is 9.83. The fourth-order valence-electron chi connectivity index (χ4n) is 16.8. The van der Waals surface area contributed by atoms with Crippen LogP contribution in [0.4, 0.5) is 0 Å². The highest BCUT2D eigenvalue weighted by Crippen LogP contribution is 2.52. The van der Waals surface area contributed by atoms with E-state index in [2.05, 4.69) is 0 Å². The smallest absolute Gasteiger partial charge is 0.0622 e. The standard InChI is InChI=1S/C42H28.C40H26.C36H24/c1-3-14-29(15-4-1)31-18-11-19-32(28-31)41-37-20-7-9-22-39(37)42(40-23-10-8-21-38(40)41)36-27-13-25-34-33(24-12-26-35(34)36)30-16-5-2-6-17-30;1-2-13-27(14-3-1)30-25-26-38(32-19-7-6-18-31(30)32)40-36-22-10-8-20-34(36)39(35-21-9-11-23-37(35)40)33-24-12-16-28-15-4-5-17-29(28)33;1-3-13-25(14-4-1)27-23-24-34(29-18-8-7-17-28(27)29)36-32-21-11-9-19-30(32)35(26-15-5-2-6-16-26)31-20-10-12-22-33(31)36/h1-28H;1-26H;1-24H/i7D,8D,9D,10D,20D,21D,22D,23D;4D,5D,8D,9D,10D,11D,12D,15D,16D,17D,20D,21D,22D,23D,24D;2D,5D,6D,9D,11D,15D,16D,19D,21D. The van der Waals surface area contributed by atoms with Crippen LogP contribution in [0.15, 0.2) is 472 Å². The molecular weight excluding hydrogens is 1420 g/mol. The zero-order chi connectivity index (χ0) is 106. The third-order valence-electron chi connectivity index (χ3n) is 21.8. The maximum Gasteiger partial charge on any atom is 0.0629 e. The highest BCUT2D eigenvalue weighted by molar-refractivity contribution is 6.28. The predicted molar refractivity (Wildman–Crippen MR) is 509 cm³/mol. The molecular formula is C118H78. The van der Waals surface area contributed by atoms with E-state index >= 15 is 0 Å². The monoisotopic (exact) mass is 1530 g/mol. The molecule has 0 atom stereocenters. The van der Waals surface area contributed by atoms with Gasteiger partial charge in [-0.25, -0.2) is 0 Å². The van der Waals surface area contributed by atoms with Gasteiger partial charge in [0, 0.05) is 0 Å². The number of rotatable bonds is 10. The van der Waals surface area contributed by atoms with Crippen molar-refractivity contribution in [3.05, 3.63) is 472 Å². The van der Waals surface area contributed by atoms with E-state index in [9.17, 15) is 13.7 Å². The lowest BCUT2D eigenvalue weighted by molar-refractivity contribution is 1.61. The van der Waals surface area contributed by atoms with E-state index in [4.69, 9.17) is 30.2 Å². The van der Waals surface area contributed by atoms with Crippen LogP contribution in [-0.2, 0) is 0 Å². The maximum atomic E-state index is 9.37. The summed E-state index contributed by atoms with van der Waals surface area (Å²) < 4.78 is 284. The lowest BCUT2D eigenvalue weighted by Gasteiger charge is -2.20. The van der Waals surface area contributed by atoms with Crippen LogP contribution in [0.3, 0.4) is 0 Å². The van der Waals surface area contributed by atoms with Gasteiger partial charge in [-0.2, -0.15) is 0 Å². The molecule has 0 aliphatic heterocycles. The first-order valence-corrected chi connectivity index (χ1v) is 38.3. The summed E-state index contributed by atoms with van der Waals surface area (Å²) in [6.07, 6.45) is 0. The first-order chi connectivity index (χ1) is 71.9. The van der Waals surface area contributed by atoms with Gasteiger partial charge in [-0.05, 0) is 225 Å². The molecule has 0 bridgehead atoms. The Balaban J connectivity index is 0.000000132. The first kappa shape index (κ1) is 44.4. The topological polar surface area (TPSA) is 0 Å². The summed E-state index contributed by atoms with van der Waals surface area (Å²) in [4.78, 5) is 0. The van der Waals surface area contributed by atoms with Crippen molar-refractivity contribution < 1.29 is 43.9 Å². The maximum absolute atomic E-state index is 9.37. The Morgan fingerprint density at radius 3 is 0.805 bits per heavy atom. The van der Waals surface area contributed by atoms with Crippen molar-refractivity contribution in [3.63, 3.8) is 0 Å². The second-order valence-corrected chi connectivity index (χ2v) is 28.2. The first-order valence-electron chi connectivity index (χ1n) is 54.3. The van der Waals surface area contributed by atoms with Crippen LogP contribution in [0.5, 0.6) is 0 Å². The Hall–Kier alpha value is -15.3. The quantitative estimate of drug-likeness (QED) is 0.120. The van der Waals surface area contributed by atoms with Gasteiger partial charge in [0.05, 0.1) is 43.9 Å². The second-order valence-electron chi connectivity index (χ2n) is 28.2. The van der Waals surface area contributed by atoms with E-state index in [1.807, 2.05) is 255 Å². The zero-order valence-corrected chi connectivity index (χ0v) is 62.6. The minimum absolute atomic E-state index is 0.0597. The normalized spacial score (nSPS) is 15.2. The molecule has 0 heteroatoms. The zero-order valence-electron chi connectivity index (χ0n) is 94.6. The van der Waals surface area contributed by atoms with Crippen molar-refractivity contribution in [2.24, 2.45) is 0 Å². The lowest BCUT2D eigenvalue weighted by Crippen LogP contribution is -1.93. The Morgan fingerprint density at radius 1 is 0.119 bits per heavy atom. The summed E-state index contributed by atoms with van der Waals surface area (Å²) in [5.41, 5.74) is 10.5. The van der Waals surface area contributed by atoms with Crippen molar-refractivity contribution in [1.82, 2.24) is 0 Å². The Labute approximate surface area is 732 Å². The average Bonchev–Trinajstić information content (AvgIpc) is 0.684. The fourth-order valence-corrected chi connectivity index (χ4v) is 16.8. The molecule has 0 saturated carbocycles. The molecule has 0 nitrogen and oxygen atoms in total. The number of hydrogen-bond donors (Lipinski definition) is 0. The van der Waals surface area contributed by atoms with Gasteiger partial charge < -0.3 is 0 Å². The Morgan fingerprint density at radius 2 is 0.373 bits per heavy atom. The van der Waals surface area contributed by atoms with E-state index in [0.717, 1.165) is 77.0 Å². The molecule has 0 spiro atoms. The molecule has 0 aliphatic carbocycles. The molecule has 0 saturated heterocycles. The third kappa shape index (κ3) is 12.6. The Kier molecular flexibility index (Phi) is 11.6. The number of benzene rings is 23. The highest BCUT2D eigenvalue weighted by Gasteiger charge is 2.24. The second kappa shape index (κ2) is 30.9. The molecule has 23 rings (SSSR count). The van der Waals surface area contributed by atoms with E-state index in [0.29, 0.717) is 49.5 Å². The van der Waals surface area contributed by atoms with Gasteiger partial charge >= 0.3 is 0 Å². The molecule has 0 fully saturated rings. The van der Waals surface area contributed by atoms with Crippen LogP contribution in [0.25, 0.3) is 219 Å². The van der Waals surface area contributed by atoms with E-state index in [1.54, 1.807) is 24.3 Å². The average molecular weight is 1530 g/mol. The molecule has 23 aromatic carbocycles. The molecule has 23 aromatic rings. The van der Waals surface area contributed by atoms with Gasteiger partial charge in [0.2, 0.25) is 0 Å². The van der Waals surface area contributed by atoms with Crippen LogP contribution in [0.1, 0.15) is 43.9 Å². The van der Waals surface area contributed by atoms with Crippen LogP contribution in [0.2, 0.25) is 0 Å². The number of hydrogen-bond acceptors (Lipinski definition) is 0. The van der Waals surface area contributed by atoms with Crippen molar-refractivity contribution in [1.29, 1.82) is 0 Å². The summed E-state index contributed by atoms with van der Waals surface area (Å²) in [7, 11) is 0. The minimum atomic E-state index is -0.748. The summed E-state index contributed by atoms with van der Waals surface area (Å²) in [6.45, 7) is 0. The third-order valence-corrected chi connectivity index (χ3v) is 21.8. The van der Waals surface area contributed by atoms with Crippen molar-refractivity contribution in [3.8, 4) is 111 Å². The van der Waals surface area contributed by atoms with Crippen molar-refractivity contribution in [2.75, 3.05) is 0 Å². The van der Waals surface area contributed by atoms with Crippen LogP contribution >= 0.6 is 0 Å². The Bertz CT molecular complexity index is 9630. The number of fused-ring (bicyclic) bond motifs is 10. The highest BCUT2D eigenvalue weighted by atomic mass is 14.3. The molecule has 0 heterocycles. The van der Waals surface area contributed by atoms with Gasteiger partial charge in [-0.1, -0.05) is 466 Å². The van der Waals surface area contributed by atoms with E-state index in [-0.39, 0.29) is 112 Å². The minimum Gasteiger partial charge on any atom is -0.0622 e. The molecule has 0 aromatic heterocycles. The molecule has 0 amide bonds. The summed E-state index contributed by atoms with van der Waals surface area (Å²) in [5, 5.41) is 5.45. The van der Waals surface area contributed by atoms with Gasteiger partial charge in [-0.3, -0.25) is 0 Å². The van der Waals surface area contributed by atoms with Crippen molar-refractivity contribution in [2.45, 2.75) is 0 Å². The molecule has 0 aliphatic rings. The van der Waals surface area contributed by atoms with Crippen LogP contribution in [0, 0.1) is 0 Å². The summed E-state index contributed by atoms with van der Waals surface area (Å²) in [5.74, 6) is 0. The van der Waals surface area contributed by atoms with E-state index in [1.165, 1.54) is 0 Å². The van der Waals surface area contributed by atoms with Gasteiger partial charge in [0.1, 0.15) is 0 Å². The molecule has 0 unspecified atom stereocenters. The predicted octanol–water partition coefficient (Wildman–Crippen LogP) is 33.3. The van der Waals surface area contributed by atoms with Gasteiger partial charge in [0.25, 0.3) is 0 Å². The molecule has 118 heavy (non-hydrogen) atoms. The largest absolute Gasteiger partial charge is 0.0629 e. The van der Waals surface area contributed by atoms with Crippen molar-refractivity contribution >= 4 is 108 Å². The molecule has 550 valence electrons.